The van der Waals surface area contributed by atoms with E-state index in [0.29, 0.717) is 13.0 Å². The van der Waals surface area contributed by atoms with Gasteiger partial charge in [0.25, 0.3) is 0 Å². The molecule has 0 spiro atoms. The SMILES string of the molecule is CCC(C)[C@H](NC(=O)OC)C(=O)N1CCC[C@H]1C#N. The maximum atomic E-state index is 12.5. The van der Waals surface area contributed by atoms with E-state index in [2.05, 4.69) is 16.1 Å². The fraction of sp³-hybridized carbons (Fsp3) is 0.769. The number of ether oxygens (including phenoxy) is 1. The van der Waals surface area contributed by atoms with Crippen molar-refractivity contribution >= 4 is 12.0 Å². The summed E-state index contributed by atoms with van der Waals surface area (Å²) in [6.07, 6.45) is 1.67. The fourth-order valence-electron chi connectivity index (χ4n) is 2.21. The predicted molar refractivity (Wildman–Crippen MR) is 69.1 cm³/mol. The number of methoxy groups -OCH3 is 1. The molecule has 1 unspecified atom stereocenters. The number of amides is 2. The molecule has 0 aromatic carbocycles. The van der Waals surface area contributed by atoms with Gasteiger partial charge >= 0.3 is 6.09 Å². The second-order valence-electron chi connectivity index (χ2n) is 4.82. The Morgan fingerprint density at radius 3 is 2.79 bits per heavy atom. The van der Waals surface area contributed by atoms with Gasteiger partial charge in [-0.3, -0.25) is 4.79 Å². The molecule has 6 nitrogen and oxygen atoms in total. The monoisotopic (exact) mass is 267 g/mol. The molecule has 0 bridgehead atoms. The van der Waals surface area contributed by atoms with Gasteiger partial charge in [-0.1, -0.05) is 20.3 Å². The van der Waals surface area contributed by atoms with Crippen LogP contribution >= 0.6 is 0 Å². The number of likely N-dealkylation sites (tertiary alicyclic amines) is 1. The fourth-order valence-corrected chi connectivity index (χ4v) is 2.21. The lowest BCUT2D eigenvalue weighted by molar-refractivity contribution is -0.134. The van der Waals surface area contributed by atoms with Crippen molar-refractivity contribution in [1.29, 1.82) is 5.26 Å². The van der Waals surface area contributed by atoms with E-state index in [1.54, 1.807) is 4.90 Å². The molecule has 3 atom stereocenters. The average Bonchev–Trinajstić information content (AvgIpc) is 2.91. The Hall–Kier alpha value is -1.77. The third-order valence-electron chi connectivity index (χ3n) is 3.62. The van der Waals surface area contributed by atoms with Gasteiger partial charge in [-0.25, -0.2) is 4.79 Å². The molecule has 1 fully saturated rings. The average molecular weight is 267 g/mol. The number of carbonyl (C=O) groups excluding carboxylic acids is 2. The van der Waals surface area contributed by atoms with Gasteiger partial charge in [0.2, 0.25) is 5.91 Å². The number of nitriles is 1. The Labute approximate surface area is 113 Å². The molecule has 6 heteroatoms. The first-order chi connectivity index (χ1) is 9.04. The quantitative estimate of drug-likeness (QED) is 0.831. The van der Waals surface area contributed by atoms with E-state index in [0.717, 1.165) is 12.8 Å². The van der Waals surface area contributed by atoms with Crippen molar-refractivity contribution in [3.63, 3.8) is 0 Å². The molecule has 1 heterocycles. The molecule has 19 heavy (non-hydrogen) atoms. The summed E-state index contributed by atoms with van der Waals surface area (Å²) >= 11 is 0. The molecule has 0 saturated carbocycles. The second-order valence-corrected chi connectivity index (χ2v) is 4.82. The van der Waals surface area contributed by atoms with Crippen molar-refractivity contribution in [1.82, 2.24) is 10.2 Å². The summed E-state index contributed by atoms with van der Waals surface area (Å²) in [7, 11) is 1.27. The normalized spacial score (nSPS) is 21.4. The molecule has 1 aliphatic heterocycles. The summed E-state index contributed by atoms with van der Waals surface area (Å²) in [4.78, 5) is 25.4. The minimum atomic E-state index is -0.633. The maximum absolute atomic E-state index is 12.5. The summed E-state index contributed by atoms with van der Waals surface area (Å²) in [6.45, 7) is 4.43. The highest BCUT2D eigenvalue weighted by Gasteiger charge is 2.36. The Morgan fingerprint density at radius 1 is 1.58 bits per heavy atom. The molecule has 2 amide bonds. The van der Waals surface area contributed by atoms with Crippen LogP contribution in [0.15, 0.2) is 0 Å². The van der Waals surface area contributed by atoms with Crippen LogP contribution in [-0.4, -0.2) is 42.6 Å². The Kier molecular flexibility index (Phi) is 5.61. The van der Waals surface area contributed by atoms with Crippen LogP contribution in [0.2, 0.25) is 0 Å². The van der Waals surface area contributed by atoms with E-state index in [9.17, 15) is 9.59 Å². The van der Waals surface area contributed by atoms with Crippen molar-refractivity contribution in [2.45, 2.75) is 45.2 Å². The number of nitrogens with one attached hydrogen (secondary N) is 1. The number of alkyl carbamates (subject to hydrolysis) is 1. The second kappa shape index (κ2) is 6.98. The lowest BCUT2D eigenvalue weighted by Gasteiger charge is -2.29. The summed E-state index contributed by atoms with van der Waals surface area (Å²) in [6, 6.07) is 1.13. The van der Waals surface area contributed by atoms with Gasteiger partial charge in [0.05, 0.1) is 13.2 Å². The highest BCUT2D eigenvalue weighted by atomic mass is 16.5. The van der Waals surface area contributed by atoms with Gasteiger partial charge < -0.3 is 15.0 Å². The van der Waals surface area contributed by atoms with Crippen molar-refractivity contribution in [2.24, 2.45) is 5.92 Å². The van der Waals surface area contributed by atoms with Crippen LogP contribution in [0.4, 0.5) is 4.79 Å². The Bertz CT molecular complexity index is 378. The molecular formula is C13H21N3O3. The van der Waals surface area contributed by atoms with Crippen LogP contribution in [0.1, 0.15) is 33.1 Å². The Balaban J connectivity index is 2.82. The van der Waals surface area contributed by atoms with Crippen LogP contribution in [0.3, 0.4) is 0 Å². The van der Waals surface area contributed by atoms with Gasteiger partial charge in [0, 0.05) is 6.54 Å². The van der Waals surface area contributed by atoms with Gasteiger partial charge in [0.1, 0.15) is 12.1 Å². The largest absolute Gasteiger partial charge is 0.453 e. The zero-order chi connectivity index (χ0) is 14.4. The molecule has 106 valence electrons. The minimum absolute atomic E-state index is 0.00783. The molecular weight excluding hydrogens is 246 g/mol. The van der Waals surface area contributed by atoms with Crippen LogP contribution in [-0.2, 0) is 9.53 Å². The van der Waals surface area contributed by atoms with Crippen molar-refractivity contribution in [3.05, 3.63) is 0 Å². The van der Waals surface area contributed by atoms with E-state index in [4.69, 9.17) is 5.26 Å². The molecule has 0 radical (unpaired) electrons. The van der Waals surface area contributed by atoms with Crippen molar-refractivity contribution in [2.75, 3.05) is 13.7 Å². The van der Waals surface area contributed by atoms with E-state index >= 15 is 0 Å². The van der Waals surface area contributed by atoms with Crippen LogP contribution in [0.5, 0.6) is 0 Å². The number of nitrogens with zero attached hydrogens (tertiary/aromatic N) is 2. The minimum Gasteiger partial charge on any atom is -0.453 e. The van der Waals surface area contributed by atoms with Gasteiger partial charge in [-0.05, 0) is 18.8 Å². The number of rotatable bonds is 4. The van der Waals surface area contributed by atoms with Crippen molar-refractivity contribution < 1.29 is 14.3 Å². The van der Waals surface area contributed by atoms with Crippen LogP contribution < -0.4 is 5.32 Å². The smallest absolute Gasteiger partial charge is 0.407 e. The number of hydrogen-bond donors (Lipinski definition) is 1. The molecule has 1 saturated heterocycles. The van der Waals surface area contributed by atoms with E-state index in [1.807, 2.05) is 13.8 Å². The molecule has 0 aliphatic carbocycles. The molecule has 0 aromatic rings. The third-order valence-corrected chi connectivity index (χ3v) is 3.62. The first-order valence-electron chi connectivity index (χ1n) is 6.59. The maximum Gasteiger partial charge on any atom is 0.407 e. The van der Waals surface area contributed by atoms with E-state index in [1.165, 1.54) is 7.11 Å². The number of hydrogen-bond acceptors (Lipinski definition) is 4. The standard InChI is InChI=1S/C13H21N3O3/c1-4-9(2)11(15-13(18)19-3)12(17)16-7-5-6-10(16)8-14/h9-11H,4-7H2,1-3H3,(H,15,18)/t9?,10-,11-/m0/s1. The highest BCUT2D eigenvalue weighted by molar-refractivity contribution is 5.86. The van der Waals surface area contributed by atoms with Gasteiger partial charge in [-0.15, -0.1) is 0 Å². The van der Waals surface area contributed by atoms with E-state index < -0.39 is 12.1 Å². The zero-order valence-electron chi connectivity index (χ0n) is 11.7. The van der Waals surface area contributed by atoms with Crippen LogP contribution in [0.25, 0.3) is 0 Å². The summed E-state index contributed by atoms with van der Waals surface area (Å²) in [5.74, 6) is -0.199. The summed E-state index contributed by atoms with van der Waals surface area (Å²) in [5, 5.41) is 11.6. The molecule has 1 aliphatic rings. The summed E-state index contributed by atoms with van der Waals surface area (Å²) in [5.41, 5.74) is 0. The Morgan fingerprint density at radius 2 is 2.26 bits per heavy atom. The highest BCUT2D eigenvalue weighted by Crippen LogP contribution is 2.20. The third kappa shape index (κ3) is 3.60. The molecule has 1 N–H and O–H groups in total. The van der Waals surface area contributed by atoms with Crippen molar-refractivity contribution in [3.8, 4) is 6.07 Å². The first-order valence-corrected chi connectivity index (χ1v) is 6.59. The lowest BCUT2D eigenvalue weighted by atomic mass is 9.97. The molecule has 0 aromatic heterocycles. The first kappa shape index (κ1) is 15.3. The summed E-state index contributed by atoms with van der Waals surface area (Å²) < 4.78 is 4.56. The van der Waals surface area contributed by atoms with Gasteiger partial charge in [-0.2, -0.15) is 5.26 Å². The zero-order valence-corrected chi connectivity index (χ0v) is 11.7. The van der Waals surface area contributed by atoms with E-state index in [-0.39, 0.29) is 17.9 Å². The predicted octanol–water partition coefficient (Wildman–Crippen LogP) is 1.27. The number of carbonyl (C=O) groups is 2. The van der Waals surface area contributed by atoms with Crippen LogP contribution in [0, 0.1) is 17.2 Å². The van der Waals surface area contributed by atoms with Gasteiger partial charge in [0.15, 0.2) is 0 Å². The molecule has 1 rings (SSSR count). The lowest BCUT2D eigenvalue weighted by Crippen LogP contribution is -2.52. The topological polar surface area (TPSA) is 82.4 Å².